The van der Waals surface area contributed by atoms with Gasteiger partial charge in [-0.2, -0.15) is 0 Å². The van der Waals surface area contributed by atoms with Gasteiger partial charge in [0.15, 0.2) is 0 Å². The minimum atomic E-state index is -3.99. The van der Waals surface area contributed by atoms with Crippen molar-refractivity contribution in [3.63, 3.8) is 0 Å². The Labute approximate surface area is 128 Å². The summed E-state index contributed by atoms with van der Waals surface area (Å²) in [6.45, 7) is 0.133. The van der Waals surface area contributed by atoms with E-state index in [1.165, 1.54) is 6.07 Å². The molecular weight excluding hydrogens is 319 g/mol. The lowest BCUT2D eigenvalue weighted by Gasteiger charge is -2.16. The van der Waals surface area contributed by atoms with Crippen molar-refractivity contribution in [1.82, 2.24) is 9.62 Å². The molecule has 0 amide bonds. The molecule has 1 aromatic carbocycles. The van der Waals surface area contributed by atoms with Crippen molar-refractivity contribution in [2.75, 3.05) is 20.1 Å². The highest BCUT2D eigenvalue weighted by Crippen LogP contribution is 2.25. The van der Waals surface area contributed by atoms with Crippen LogP contribution in [-0.4, -0.2) is 44.6 Å². The summed E-state index contributed by atoms with van der Waals surface area (Å²) < 4.78 is 40.6. The number of nitrogens with zero attached hydrogens (tertiary/aromatic N) is 1. The molecular formula is C13H18ClFN2O3S. The second kappa shape index (κ2) is 6.58. The van der Waals surface area contributed by atoms with E-state index in [2.05, 4.69) is 9.62 Å². The van der Waals surface area contributed by atoms with Crippen molar-refractivity contribution in [2.24, 2.45) is 0 Å². The molecule has 21 heavy (non-hydrogen) atoms. The number of aliphatic hydroxyl groups is 1. The first kappa shape index (κ1) is 16.6. The van der Waals surface area contributed by atoms with Gasteiger partial charge in [0.2, 0.25) is 10.0 Å². The zero-order chi connectivity index (χ0) is 15.6. The number of rotatable bonds is 7. The summed E-state index contributed by atoms with van der Waals surface area (Å²) in [5.41, 5.74) is -0.141. The van der Waals surface area contributed by atoms with Gasteiger partial charge in [0.05, 0.1) is 6.61 Å². The first-order valence-corrected chi connectivity index (χ1v) is 8.50. The first-order chi connectivity index (χ1) is 9.85. The van der Waals surface area contributed by atoms with Gasteiger partial charge in [-0.1, -0.05) is 11.6 Å². The minimum Gasteiger partial charge on any atom is -0.392 e. The van der Waals surface area contributed by atoms with Crippen LogP contribution in [0.1, 0.15) is 18.4 Å². The molecule has 0 saturated heterocycles. The molecule has 5 nitrogen and oxygen atoms in total. The van der Waals surface area contributed by atoms with Crippen molar-refractivity contribution in [2.45, 2.75) is 30.4 Å². The molecule has 0 unspecified atom stereocenters. The van der Waals surface area contributed by atoms with E-state index < -0.39 is 27.3 Å². The standard InChI is InChI=1S/C13H18ClFN2O3S/c1-17(11-2-3-11)5-4-16-21(19,20)12-7-10(14)6-9(8-18)13(12)15/h6-7,11,16,18H,2-5,8H2,1H3. The minimum absolute atomic E-state index is 0.0657. The topological polar surface area (TPSA) is 69.6 Å². The fraction of sp³-hybridized carbons (Fsp3) is 0.538. The highest BCUT2D eigenvalue weighted by atomic mass is 35.5. The summed E-state index contributed by atoms with van der Waals surface area (Å²) in [5.74, 6) is -0.968. The second-order valence-corrected chi connectivity index (χ2v) is 7.32. The number of aliphatic hydroxyl groups excluding tert-OH is 1. The van der Waals surface area contributed by atoms with Crippen LogP contribution in [0.15, 0.2) is 17.0 Å². The summed E-state index contributed by atoms with van der Waals surface area (Å²) in [6.07, 6.45) is 2.26. The van der Waals surface area contributed by atoms with Crippen molar-refractivity contribution >= 4 is 21.6 Å². The zero-order valence-corrected chi connectivity index (χ0v) is 13.2. The summed E-state index contributed by atoms with van der Waals surface area (Å²) in [6, 6.07) is 2.78. The average Bonchev–Trinajstić information content (AvgIpc) is 3.24. The second-order valence-electron chi connectivity index (χ2n) is 5.14. The maximum Gasteiger partial charge on any atom is 0.243 e. The molecule has 1 aliphatic carbocycles. The maximum atomic E-state index is 14.0. The van der Waals surface area contributed by atoms with Gasteiger partial charge in [-0.15, -0.1) is 0 Å². The molecule has 0 spiro atoms. The molecule has 0 atom stereocenters. The Kier molecular flexibility index (Phi) is 5.21. The van der Waals surface area contributed by atoms with E-state index in [9.17, 15) is 12.8 Å². The van der Waals surface area contributed by atoms with Crippen molar-refractivity contribution in [3.8, 4) is 0 Å². The van der Waals surface area contributed by atoms with Crippen LogP contribution in [0, 0.1) is 5.82 Å². The predicted octanol–water partition coefficient (Wildman–Crippen LogP) is 1.34. The third-order valence-electron chi connectivity index (χ3n) is 3.47. The van der Waals surface area contributed by atoms with E-state index in [0.717, 1.165) is 18.9 Å². The maximum absolute atomic E-state index is 14.0. The SMILES string of the molecule is CN(CCNS(=O)(=O)c1cc(Cl)cc(CO)c1F)C1CC1. The first-order valence-electron chi connectivity index (χ1n) is 6.64. The molecule has 0 aliphatic heterocycles. The largest absolute Gasteiger partial charge is 0.392 e. The number of benzene rings is 1. The smallest absolute Gasteiger partial charge is 0.243 e. The van der Waals surface area contributed by atoms with Crippen LogP contribution in [0.25, 0.3) is 0 Å². The van der Waals surface area contributed by atoms with Crippen LogP contribution in [-0.2, 0) is 16.6 Å². The van der Waals surface area contributed by atoms with Crippen molar-refractivity contribution in [3.05, 3.63) is 28.5 Å². The summed E-state index contributed by atoms with van der Waals surface area (Å²) in [7, 11) is -2.07. The average molecular weight is 337 g/mol. The highest BCUT2D eigenvalue weighted by Gasteiger charge is 2.26. The molecule has 0 radical (unpaired) electrons. The normalized spacial score (nSPS) is 15.7. The van der Waals surface area contributed by atoms with E-state index in [4.69, 9.17) is 16.7 Å². The van der Waals surface area contributed by atoms with Gasteiger partial charge in [-0.05, 0) is 32.0 Å². The lowest BCUT2D eigenvalue weighted by molar-refractivity contribution is 0.274. The molecule has 2 rings (SSSR count). The van der Waals surface area contributed by atoms with Crippen molar-refractivity contribution < 1.29 is 17.9 Å². The van der Waals surface area contributed by atoms with Gasteiger partial charge in [-0.25, -0.2) is 17.5 Å². The monoisotopic (exact) mass is 336 g/mol. The molecule has 0 heterocycles. The number of hydrogen-bond donors (Lipinski definition) is 2. The Morgan fingerprint density at radius 1 is 1.48 bits per heavy atom. The molecule has 0 bridgehead atoms. The molecule has 0 aromatic heterocycles. The number of likely N-dealkylation sites (N-methyl/N-ethyl adjacent to an activating group) is 1. The quantitative estimate of drug-likeness (QED) is 0.788. The fourth-order valence-corrected chi connectivity index (χ4v) is 3.53. The predicted molar refractivity (Wildman–Crippen MR) is 78.2 cm³/mol. The molecule has 1 aliphatic rings. The van der Waals surface area contributed by atoms with Crippen molar-refractivity contribution in [1.29, 1.82) is 0 Å². The van der Waals surface area contributed by atoms with E-state index in [-0.39, 0.29) is 17.1 Å². The third-order valence-corrected chi connectivity index (χ3v) is 5.14. The van der Waals surface area contributed by atoms with E-state index in [0.29, 0.717) is 12.6 Å². The van der Waals surface area contributed by atoms with Gasteiger partial charge >= 0.3 is 0 Å². The van der Waals surface area contributed by atoms with Crippen LogP contribution >= 0.6 is 11.6 Å². The fourth-order valence-electron chi connectivity index (χ4n) is 2.06. The van der Waals surface area contributed by atoms with Gasteiger partial charge in [-0.3, -0.25) is 0 Å². The Morgan fingerprint density at radius 3 is 2.71 bits per heavy atom. The van der Waals surface area contributed by atoms with E-state index in [1.54, 1.807) is 0 Å². The molecule has 1 saturated carbocycles. The summed E-state index contributed by atoms with van der Waals surface area (Å²) in [5, 5.41) is 9.10. The van der Waals surface area contributed by atoms with Crippen LogP contribution < -0.4 is 4.72 Å². The number of hydrogen-bond acceptors (Lipinski definition) is 4. The van der Waals surface area contributed by atoms with Crippen LogP contribution in [0.5, 0.6) is 0 Å². The summed E-state index contributed by atoms with van der Waals surface area (Å²) >= 11 is 5.76. The zero-order valence-electron chi connectivity index (χ0n) is 11.6. The van der Waals surface area contributed by atoms with Gasteiger partial charge < -0.3 is 10.0 Å². The molecule has 118 valence electrons. The Balaban J connectivity index is 2.09. The number of sulfonamides is 1. The van der Waals surface area contributed by atoms with Gasteiger partial charge in [0.25, 0.3) is 0 Å². The molecule has 1 aromatic rings. The van der Waals surface area contributed by atoms with Gasteiger partial charge in [0.1, 0.15) is 10.7 Å². The molecule has 8 heteroatoms. The number of halogens is 2. The Hall–Kier alpha value is -0.730. The van der Waals surface area contributed by atoms with Gasteiger partial charge in [0, 0.05) is 29.7 Å². The Bertz CT molecular complexity index is 620. The highest BCUT2D eigenvalue weighted by molar-refractivity contribution is 7.89. The van der Waals surface area contributed by atoms with Crippen LogP contribution in [0.2, 0.25) is 5.02 Å². The molecule has 2 N–H and O–H groups in total. The summed E-state index contributed by atoms with van der Waals surface area (Å²) in [4.78, 5) is 1.53. The lowest BCUT2D eigenvalue weighted by Crippen LogP contribution is -2.34. The lowest BCUT2D eigenvalue weighted by atomic mass is 10.2. The van der Waals surface area contributed by atoms with E-state index in [1.807, 2.05) is 7.05 Å². The van der Waals surface area contributed by atoms with Crippen LogP contribution in [0.4, 0.5) is 4.39 Å². The number of nitrogens with one attached hydrogen (secondary N) is 1. The van der Waals surface area contributed by atoms with Crippen LogP contribution in [0.3, 0.4) is 0 Å². The van der Waals surface area contributed by atoms with E-state index >= 15 is 0 Å². The third kappa shape index (κ3) is 4.14. The Morgan fingerprint density at radius 2 is 2.14 bits per heavy atom. The molecule has 1 fully saturated rings.